The number of aryl methyl sites for hydroxylation is 1. The third-order valence-electron chi connectivity index (χ3n) is 6.99. The monoisotopic (exact) mass is 515 g/mol. The van der Waals surface area contributed by atoms with E-state index in [0.29, 0.717) is 26.1 Å². The number of amides is 2. The molecule has 0 saturated carbocycles. The minimum atomic E-state index is -0.539. The average molecular weight is 516 g/mol. The summed E-state index contributed by atoms with van der Waals surface area (Å²) in [4.78, 5) is 24.5. The molecule has 0 aliphatic heterocycles. The topological polar surface area (TPSA) is 114 Å². The summed E-state index contributed by atoms with van der Waals surface area (Å²) in [6.45, 7) is 1.39. The highest BCUT2D eigenvalue weighted by Crippen LogP contribution is 2.44. The Bertz CT molecular complexity index is 1180. The van der Waals surface area contributed by atoms with Crippen LogP contribution in [0.1, 0.15) is 54.7 Å². The maximum absolute atomic E-state index is 12.3. The number of carbonyl (C=O) groups excluding carboxylic acids is 2. The van der Waals surface area contributed by atoms with Crippen LogP contribution >= 0.6 is 0 Å². The molecule has 4 rings (SSSR count). The van der Waals surface area contributed by atoms with Crippen LogP contribution in [0, 0.1) is 0 Å². The molecule has 0 bridgehead atoms. The van der Waals surface area contributed by atoms with Crippen LogP contribution in [0.15, 0.2) is 72.8 Å². The number of alkyl carbamates (subject to hydrolysis) is 1. The zero-order chi connectivity index (χ0) is 26.7. The lowest BCUT2D eigenvalue weighted by Gasteiger charge is -2.14. The molecule has 5 N–H and O–H groups in total. The van der Waals surface area contributed by atoms with Gasteiger partial charge in [-0.05, 0) is 78.5 Å². The van der Waals surface area contributed by atoms with Gasteiger partial charge >= 0.3 is 6.09 Å². The van der Waals surface area contributed by atoms with E-state index in [-0.39, 0.29) is 17.6 Å². The van der Waals surface area contributed by atoms with Crippen LogP contribution in [0.2, 0.25) is 0 Å². The van der Waals surface area contributed by atoms with E-state index in [1.807, 2.05) is 36.4 Å². The highest BCUT2D eigenvalue weighted by atomic mass is 16.5. The summed E-state index contributed by atoms with van der Waals surface area (Å²) in [5.41, 5.74) is 11.8. The van der Waals surface area contributed by atoms with Crippen molar-refractivity contribution in [2.24, 2.45) is 5.73 Å². The molecule has 1 aliphatic carbocycles. The number of rotatable bonds is 13. The molecule has 200 valence electrons. The van der Waals surface area contributed by atoms with Crippen molar-refractivity contribution >= 4 is 12.0 Å². The number of ether oxygens (including phenoxy) is 1. The van der Waals surface area contributed by atoms with Crippen molar-refractivity contribution < 1.29 is 19.4 Å². The molecular formula is C31H37N3O4. The first-order valence-electron chi connectivity index (χ1n) is 13.4. The number of phenols is 1. The number of aromatic hydroxyl groups is 1. The van der Waals surface area contributed by atoms with Crippen LogP contribution in [-0.4, -0.2) is 42.8 Å². The van der Waals surface area contributed by atoms with E-state index >= 15 is 0 Å². The van der Waals surface area contributed by atoms with Crippen molar-refractivity contribution in [3.05, 3.63) is 89.5 Å². The van der Waals surface area contributed by atoms with E-state index in [0.717, 1.165) is 37.7 Å². The molecule has 0 unspecified atom stereocenters. The maximum atomic E-state index is 12.3. The fraction of sp³-hybridized carbons (Fsp3) is 0.355. The summed E-state index contributed by atoms with van der Waals surface area (Å²) in [5.74, 6) is 0.158. The second kappa shape index (κ2) is 13.6. The van der Waals surface area contributed by atoms with Gasteiger partial charge in [0.05, 0.1) is 6.04 Å². The lowest BCUT2D eigenvalue weighted by molar-refractivity contribution is -0.122. The second-order valence-electron chi connectivity index (χ2n) is 9.77. The van der Waals surface area contributed by atoms with Gasteiger partial charge in [0.1, 0.15) is 12.4 Å². The van der Waals surface area contributed by atoms with Gasteiger partial charge in [0.15, 0.2) is 0 Å². The molecule has 2 amide bonds. The number of unbranched alkanes of at least 4 members (excludes halogenated alkanes) is 2. The Morgan fingerprint density at radius 3 is 2.18 bits per heavy atom. The van der Waals surface area contributed by atoms with Gasteiger partial charge in [-0.15, -0.1) is 0 Å². The number of fused-ring (bicyclic) bond motifs is 3. The number of phenolic OH excluding ortho intramolecular Hbond substituents is 1. The number of benzene rings is 3. The Kier molecular flexibility index (Phi) is 9.76. The van der Waals surface area contributed by atoms with Crippen molar-refractivity contribution in [2.75, 3.05) is 19.7 Å². The summed E-state index contributed by atoms with van der Waals surface area (Å²) in [7, 11) is 0. The van der Waals surface area contributed by atoms with Crippen LogP contribution in [0.3, 0.4) is 0 Å². The van der Waals surface area contributed by atoms with Crippen molar-refractivity contribution in [2.45, 2.75) is 50.5 Å². The predicted molar refractivity (Wildman–Crippen MR) is 149 cm³/mol. The number of nitrogens with one attached hydrogen (secondary N) is 2. The van der Waals surface area contributed by atoms with Crippen molar-refractivity contribution in [1.29, 1.82) is 0 Å². The van der Waals surface area contributed by atoms with E-state index < -0.39 is 12.1 Å². The normalized spacial score (nSPS) is 12.9. The lowest BCUT2D eigenvalue weighted by Crippen LogP contribution is -2.41. The molecule has 0 saturated heterocycles. The number of carbonyl (C=O) groups is 2. The summed E-state index contributed by atoms with van der Waals surface area (Å²) in [6, 6.07) is 23.1. The predicted octanol–water partition coefficient (Wildman–Crippen LogP) is 4.87. The Morgan fingerprint density at radius 1 is 0.842 bits per heavy atom. The molecule has 0 aromatic heterocycles. The van der Waals surface area contributed by atoms with Crippen LogP contribution in [0.25, 0.3) is 11.1 Å². The highest BCUT2D eigenvalue weighted by molar-refractivity contribution is 5.81. The van der Waals surface area contributed by atoms with Gasteiger partial charge in [-0.25, -0.2) is 4.79 Å². The minimum absolute atomic E-state index is 0.0508. The zero-order valence-electron chi connectivity index (χ0n) is 21.7. The molecule has 7 heteroatoms. The van der Waals surface area contributed by atoms with Gasteiger partial charge in [0, 0.05) is 19.0 Å². The molecular weight excluding hydrogens is 478 g/mol. The summed E-state index contributed by atoms with van der Waals surface area (Å²) in [6.07, 6.45) is 4.22. The summed E-state index contributed by atoms with van der Waals surface area (Å²) in [5, 5.41) is 15.2. The van der Waals surface area contributed by atoms with Crippen LogP contribution < -0.4 is 16.4 Å². The largest absolute Gasteiger partial charge is 0.508 e. The minimum Gasteiger partial charge on any atom is -0.508 e. The average Bonchev–Trinajstić information content (AvgIpc) is 3.25. The zero-order valence-corrected chi connectivity index (χ0v) is 21.7. The number of hydrogen-bond acceptors (Lipinski definition) is 5. The molecule has 0 heterocycles. The fourth-order valence-corrected chi connectivity index (χ4v) is 4.98. The van der Waals surface area contributed by atoms with E-state index in [2.05, 4.69) is 34.9 Å². The van der Waals surface area contributed by atoms with E-state index in [1.54, 1.807) is 12.1 Å². The van der Waals surface area contributed by atoms with Gasteiger partial charge in [0.25, 0.3) is 0 Å². The molecule has 0 radical (unpaired) electrons. The first kappa shape index (κ1) is 27.2. The molecule has 1 aliphatic rings. The van der Waals surface area contributed by atoms with Gasteiger partial charge in [-0.3, -0.25) is 4.79 Å². The molecule has 0 spiro atoms. The standard InChI is InChI=1S/C31H37N3O4/c32-29(17-9-11-22-10-8-12-23(35)20-22)30(36)33-18-6-1-7-19-34-31(37)38-21-28-26-15-4-2-13-24(26)25-14-3-5-16-27(25)28/h2-5,8,10,12-16,20,28-29,35H,1,6-7,9,11,17-19,21,32H2,(H,33,36)(H,34,37)/t29-/m0/s1. The number of nitrogens with two attached hydrogens (primary N) is 1. The van der Waals surface area contributed by atoms with Gasteiger partial charge in [-0.1, -0.05) is 60.7 Å². The Morgan fingerprint density at radius 2 is 1.50 bits per heavy atom. The molecule has 0 fully saturated rings. The Hall–Kier alpha value is -3.84. The fourth-order valence-electron chi connectivity index (χ4n) is 4.98. The van der Waals surface area contributed by atoms with Crippen LogP contribution in [-0.2, 0) is 16.0 Å². The molecule has 7 nitrogen and oxygen atoms in total. The first-order valence-corrected chi connectivity index (χ1v) is 13.4. The van der Waals surface area contributed by atoms with Gasteiger partial charge in [0.2, 0.25) is 5.91 Å². The second-order valence-corrected chi connectivity index (χ2v) is 9.77. The van der Waals surface area contributed by atoms with Gasteiger partial charge < -0.3 is 26.2 Å². The van der Waals surface area contributed by atoms with Crippen LogP contribution in [0.5, 0.6) is 5.75 Å². The Labute approximate surface area is 224 Å². The molecule has 3 aromatic rings. The Balaban J connectivity index is 1.05. The summed E-state index contributed by atoms with van der Waals surface area (Å²) >= 11 is 0. The molecule has 1 atom stereocenters. The summed E-state index contributed by atoms with van der Waals surface area (Å²) < 4.78 is 5.56. The van der Waals surface area contributed by atoms with Crippen molar-refractivity contribution in [1.82, 2.24) is 10.6 Å². The van der Waals surface area contributed by atoms with Gasteiger partial charge in [-0.2, -0.15) is 0 Å². The lowest BCUT2D eigenvalue weighted by atomic mass is 9.98. The third-order valence-corrected chi connectivity index (χ3v) is 6.99. The maximum Gasteiger partial charge on any atom is 0.407 e. The first-order chi connectivity index (χ1) is 18.5. The van der Waals surface area contributed by atoms with Crippen molar-refractivity contribution in [3.63, 3.8) is 0 Å². The van der Waals surface area contributed by atoms with Crippen molar-refractivity contribution in [3.8, 4) is 16.9 Å². The van der Waals surface area contributed by atoms with Crippen LogP contribution in [0.4, 0.5) is 4.79 Å². The molecule has 38 heavy (non-hydrogen) atoms. The van der Waals surface area contributed by atoms with E-state index in [9.17, 15) is 14.7 Å². The number of hydrogen-bond donors (Lipinski definition) is 4. The smallest absolute Gasteiger partial charge is 0.407 e. The van der Waals surface area contributed by atoms with E-state index in [4.69, 9.17) is 10.5 Å². The quantitative estimate of drug-likeness (QED) is 0.243. The highest BCUT2D eigenvalue weighted by Gasteiger charge is 2.28. The van der Waals surface area contributed by atoms with E-state index in [1.165, 1.54) is 22.3 Å². The SMILES string of the molecule is N[C@@H](CCCc1cccc(O)c1)C(=O)NCCCCCNC(=O)OCC1c2ccccc2-c2ccccc21. The molecule has 3 aromatic carbocycles. The third kappa shape index (κ3) is 7.35.